The van der Waals surface area contributed by atoms with Crippen LogP contribution in [0.15, 0.2) is 12.1 Å². The summed E-state index contributed by atoms with van der Waals surface area (Å²) in [5, 5.41) is 2.74. The second kappa shape index (κ2) is 7.66. The first-order valence-electron chi connectivity index (χ1n) is 6.68. The molecule has 0 spiro atoms. The first-order chi connectivity index (χ1) is 9.52. The Bertz CT molecular complexity index is 490. The van der Waals surface area contributed by atoms with Crippen LogP contribution < -0.4 is 11.1 Å². The van der Waals surface area contributed by atoms with E-state index >= 15 is 0 Å². The van der Waals surface area contributed by atoms with Gasteiger partial charge in [0.15, 0.2) is 17.5 Å². The van der Waals surface area contributed by atoms with Gasteiger partial charge in [-0.25, -0.2) is 13.2 Å². The molecule has 1 aromatic rings. The van der Waals surface area contributed by atoms with Crippen molar-refractivity contribution in [3.8, 4) is 0 Å². The maximum absolute atomic E-state index is 13.1. The van der Waals surface area contributed by atoms with Gasteiger partial charge in [0, 0.05) is 11.6 Å². The number of benzene rings is 1. The number of hydrogen-bond acceptors (Lipinski definition) is 2. The molecule has 0 bridgehead atoms. The van der Waals surface area contributed by atoms with E-state index in [0.29, 0.717) is 18.7 Å². The van der Waals surface area contributed by atoms with Crippen molar-refractivity contribution in [1.82, 2.24) is 5.32 Å². The molecule has 3 nitrogen and oxygen atoms in total. The molecular weight excluding hydrogens is 305 g/mol. The van der Waals surface area contributed by atoms with E-state index in [1.807, 2.05) is 0 Å². The molecule has 1 fully saturated rings. The number of nitrogens with one attached hydrogen (secondary N) is 1. The van der Waals surface area contributed by atoms with E-state index < -0.39 is 23.4 Å². The van der Waals surface area contributed by atoms with Gasteiger partial charge >= 0.3 is 0 Å². The van der Waals surface area contributed by atoms with Crippen molar-refractivity contribution >= 4 is 18.3 Å². The molecule has 0 heterocycles. The lowest BCUT2D eigenvalue weighted by Gasteiger charge is -2.31. The minimum atomic E-state index is -1.57. The Balaban J connectivity index is 0.00000220. The highest BCUT2D eigenvalue weighted by molar-refractivity contribution is 5.94. The van der Waals surface area contributed by atoms with Gasteiger partial charge in [0.1, 0.15) is 0 Å². The van der Waals surface area contributed by atoms with E-state index in [0.717, 1.165) is 25.7 Å². The summed E-state index contributed by atoms with van der Waals surface area (Å²) in [6.45, 7) is 0.455. The van der Waals surface area contributed by atoms with E-state index in [1.165, 1.54) is 0 Å². The molecule has 3 N–H and O–H groups in total. The fourth-order valence-electron chi connectivity index (χ4n) is 2.62. The molecular formula is C14H18ClF3N2O. The molecule has 1 aliphatic carbocycles. The minimum Gasteiger partial charge on any atom is -0.349 e. The largest absolute Gasteiger partial charge is 0.349 e. The minimum absolute atomic E-state index is 0. The van der Waals surface area contributed by atoms with Gasteiger partial charge in [-0.1, -0.05) is 12.8 Å². The Kier molecular flexibility index (Phi) is 6.48. The van der Waals surface area contributed by atoms with E-state index in [2.05, 4.69) is 5.32 Å². The number of carbonyl (C=O) groups excluding carboxylic acids is 1. The third kappa shape index (κ3) is 4.11. The average molecular weight is 323 g/mol. The maximum Gasteiger partial charge on any atom is 0.251 e. The number of nitrogens with two attached hydrogens (primary N) is 1. The summed E-state index contributed by atoms with van der Waals surface area (Å²) in [4.78, 5) is 12.0. The molecule has 118 valence electrons. The summed E-state index contributed by atoms with van der Waals surface area (Å²) >= 11 is 0. The Morgan fingerprint density at radius 3 is 2.33 bits per heavy atom. The highest BCUT2D eigenvalue weighted by Crippen LogP contribution is 2.24. The van der Waals surface area contributed by atoms with Gasteiger partial charge in [0.25, 0.3) is 5.91 Å². The number of carbonyl (C=O) groups is 1. The number of rotatable bonds is 3. The molecule has 2 rings (SSSR count). The van der Waals surface area contributed by atoms with Gasteiger partial charge in [0.05, 0.1) is 0 Å². The quantitative estimate of drug-likeness (QED) is 0.841. The van der Waals surface area contributed by atoms with Gasteiger partial charge in [-0.2, -0.15) is 0 Å². The standard InChI is InChI=1S/C14H17F3N2O.ClH/c15-10-5-9(6-11(16)13(10)17)14(20)19-12-4-2-1-3-8(12)7-18;/h5-6,8,12H,1-4,7,18H2,(H,19,20);1H. The number of amides is 1. The Hall–Kier alpha value is -1.27. The normalized spacial score (nSPS) is 21.5. The van der Waals surface area contributed by atoms with E-state index in [9.17, 15) is 18.0 Å². The van der Waals surface area contributed by atoms with Crippen LogP contribution in [0.4, 0.5) is 13.2 Å². The van der Waals surface area contributed by atoms with Crippen LogP contribution in [-0.4, -0.2) is 18.5 Å². The summed E-state index contributed by atoms with van der Waals surface area (Å²) in [7, 11) is 0. The predicted octanol–water partition coefficient (Wildman–Crippen LogP) is 2.77. The van der Waals surface area contributed by atoms with Crippen molar-refractivity contribution in [3.05, 3.63) is 35.1 Å². The first-order valence-corrected chi connectivity index (χ1v) is 6.68. The zero-order valence-electron chi connectivity index (χ0n) is 11.4. The van der Waals surface area contributed by atoms with Crippen molar-refractivity contribution in [1.29, 1.82) is 0 Å². The second-order valence-electron chi connectivity index (χ2n) is 5.11. The molecule has 0 saturated heterocycles. The fraction of sp³-hybridized carbons (Fsp3) is 0.500. The Labute approximate surface area is 127 Å². The average Bonchev–Trinajstić information content (AvgIpc) is 2.44. The van der Waals surface area contributed by atoms with Gasteiger partial charge < -0.3 is 11.1 Å². The SMILES string of the molecule is Cl.NCC1CCCCC1NC(=O)c1cc(F)c(F)c(F)c1. The number of hydrogen-bond donors (Lipinski definition) is 2. The summed E-state index contributed by atoms with van der Waals surface area (Å²) in [6.07, 6.45) is 3.76. The van der Waals surface area contributed by atoms with Crippen LogP contribution in [0, 0.1) is 23.4 Å². The third-order valence-electron chi connectivity index (χ3n) is 3.77. The van der Waals surface area contributed by atoms with Gasteiger partial charge in [-0.15, -0.1) is 12.4 Å². The van der Waals surface area contributed by atoms with Crippen molar-refractivity contribution < 1.29 is 18.0 Å². The summed E-state index contributed by atoms with van der Waals surface area (Å²) in [5.74, 6) is -4.74. The fourth-order valence-corrected chi connectivity index (χ4v) is 2.62. The molecule has 7 heteroatoms. The van der Waals surface area contributed by atoms with Crippen molar-refractivity contribution in [2.45, 2.75) is 31.7 Å². The van der Waals surface area contributed by atoms with Crippen molar-refractivity contribution in [2.24, 2.45) is 11.7 Å². The summed E-state index contributed by atoms with van der Waals surface area (Å²) < 4.78 is 39.1. The molecule has 0 aromatic heterocycles. The highest BCUT2D eigenvalue weighted by Gasteiger charge is 2.26. The number of halogens is 4. The summed E-state index contributed by atoms with van der Waals surface area (Å²) in [5.41, 5.74) is 5.44. The highest BCUT2D eigenvalue weighted by atomic mass is 35.5. The van der Waals surface area contributed by atoms with Crippen LogP contribution in [0.5, 0.6) is 0 Å². The lowest BCUT2D eigenvalue weighted by atomic mass is 9.84. The van der Waals surface area contributed by atoms with Crippen LogP contribution in [0.2, 0.25) is 0 Å². The molecule has 1 amide bonds. The molecule has 21 heavy (non-hydrogen) atoms. The molecule has 0 radical (unpaired) electrons. The molecule has 1 aliphatic rings. The van der Waals surface area contributed by atoms with Crippen LogP contribution in [0.3, 0.4) is 0 Å². The maximum atomic E-state index is 13.1. The van der Waals surface area contributed by atoms with Crippen molar-refractivity contribution in [2.75, 3.05) is 6.54 Å². The molecule has 2 atom stereocenters. The zero-order chi connectivity index (χ0) is 14.7. The van der Waals surface area contributed by atoms with Crippen LogP contribution in [-0.2, 0) is 0 Å². The van der Waals surface area contributed by atoms with E-state index in [1.54, 1.807) is 0 Å². The van der Waals surface area contributed by atoms with Gasteiger partial charge in [-0.3, -0.25) is 4.79 Å². The Morgan fingerprint density at radius 2 is 1.76 bits per heavy atom. The lowest BCUT2D eigenvalue weighted by Crippen LogP contribution is -2.44. The molecule has 2 unspecified atom stereocenters. The van der Waals surface area contributed by atoms with Crippen molar-refractivity contribution in [3.63, 3.8) is 0 Å². The lowest BCUT2D eigenvalue weighted by molar-refractivity contribution is 0.0907. The second-order valence-corrected chi connectivity index (χ2v) is 5.11. The summed E-state index contributed by atoms with van der Waals surface area (Å²) in [6, 6.07) is 1.31. The van der Waals surface area contributed by atoms with Crippen LogP contribution in [0.1, 0.15) is 36.0 Å². The zero-order valence-corrected chi connectivity index (χ0v) is 12.2. The van der Waals surface area contributed by atoms with E-state index in [-0.39, 0.29) is 29.9 Å². The molecule has 1 aromatic carbocycles. The smallest absolute Gasteiger partial charge is 0.251 e. The first kappa shape index (κ1) is 17.8. The topological polar surface area (TPSA) is 55.1 Å². The molecule has 1 saturated carbocycles. The van der Waals surface area contributed by atoms with Crippen LogP contribution >= 0.6 is 12.4 Å². The van der Waals surface area contributed by atoms with E-state index in [4.69, 9.17) is 5.73 Å². The van der Waals surface area contributed by atoms with Gasteiger partial charge in [0.2, 0.25) is 0 Å². The van der Waals surface area contributed by atoms with Gasteiger partial charge in [-0.05, 0) is 37.4 Å². The predicted molar refractivity (Wildman–Crippen MR) is 75.8 cm³/mol. The monoisotopic (exact) mass is 322 g/mol. The molecule has 0 aliphatic heterocycles. The third-order valence-corrected chi connectivity index (χ3v) is 3.77. The van der Waals surface area contributed by atoms with Crippen LogP contribution in [0.25, 0.3) is 0 Å². The Morgan fingerprint density at radius 1 is 1.19 bits per heavy atom.